The number of hydrogen-bond donors (Lipinski definition) is 2. The number of methoxy groups -OCH3 is 1. The number of hydrogen-bond acceptors (Lipinski definition) is 6. The molecule has 1 heterocycles. The van der Waals surface area contributed by atoms with E-state index in [0.29, 0.717) is 13.1 Å². The van der Waals surface area contributed by atoms with Crippen LogP contribution in [0.15, 0.2) is 52.3 Å². The van der Waals surface area contributed by atoms with Gasteiger partial charge in [-0.1, -0.05) is 24.1 Å². The van der Waals surface area contributed by atoms with Crippen LogP contribution in [0.4, 0.5) is 0 Å². The zero-order valence-corrected chi connectivity index (χ0v) is 20.3. The Morgan fingerprint density at radius 1 is 0.970 bits per heavy atom. The fourth-order valence-corrected chi connectivity index (χ4v) is 6.26. The minimum absolute atomic E-state index is 0.0168. The summed E-state index contributed by atoms with van der Waals surface area (Å²) in [6.07, 6.45) is 2.57. The Morgan fingerprint density at radius 3 is 2.27 bits per heavy atom. The molecule has 0 aliphatic carbocycles. The molecule has 2 aromatic rings. The first kappa shape index (κ1) is 25.2. The molecule has 0 radical (unpaired) electrons. The number of amides is 1. The quantitative estimate of drug-likeness (QED) is 0.513. The molecule has 0 saturated carbocycles. The number of rotatable bonds is 9. The lowest BCUT2D eigenvalue weighted by molar-refractivity contribution is 0.0954. The summed E-state index contributed by atoms with van der Waals surface area (Å²) in [6, 6.07) is 10.7. The van der Waals surface area contributed by atoms with Crippen molar-refractivity contribution < 1.29 is 26.4 Å². The second-order valence-corrected chi connectivity index (χ2v) is 11.5. The molecular weight excluding hydrogens is 466 g/mol. The first-order chi connectivity index (χ1) is 15.6. The zero-order chi connectivity index (χ0) is 24.1. The average Bonchev–Trinajstić information content (AvgIpc) is 2.82. The van der Waals surface area contributed by atoms with Crippen molar-refractivity contribution in [3.63, 3.8) is 0 Å². The van der Waals surface area contributed by atoms with E-state index in [2.05, 4.69) is 10.0 Å². The number of carbonyl (C=O) groups is 1. The molecule has 2 aromatic carbocycles. The molecule has 1 aliphatic heterocycles. The number of benzene rings is 2. The molecule has 1 amide bonds. The summed E-state index contributed by atoms with van der Waals surface area (Å²) in [5, 5.41) is 2.61. The van der Waals surface area contributed by atoms with Crippen LogP contribution >= 0.6 is 0 Å². The Balaban J connectivity index is 1.65. The molecule has 3 rings (SSSR count). The lowest BCUT2D eigenvalue weighted by Gasteiger charge is -2.26. The van der Waals surface area contributed by atoms with Gasteiger partial charge in [-0.2, -0.15) is 4.31 Å². The number of nitrogens with one attached hydrogen (secondary N) is 2. The molecule has 0 spiro atoms. The van der Waals surface area contributed by atoms with E-state index in [4.69, 9.17) is 4.74 Å². The Labute approximate surface area is 195 Å². The predicted molar refractivity (Wildman–Crippen MR) is 124 cm³/mol. The van der Waals surface area contributed by atoms with Crippen LogP contribution in [0.25, 0.3) is 0 Å². The number of sulfonamides is 2. The van der Waals surface area contributed by atoms with Crippen molar-refractivity contribution in [1.82, 2.24) is 14.3 Å². The topological polar surface area (TPSA) is 122 Å². The van der Waals surface area contributed by atoms with Crippen molar-refractivity contribution in [3.05, 3.63) is 53.6 Å². The van der Waals surface area contributed by atoms with Crippen LogP contribution in [-0.2, 0) is 20.0 Å². The second kappa shape index (κ2) is 10.6. The third-order valence-corrected chi connectivity index (χ3v) is 8.79. The van der Waals surface area contributed by atoms with Crippen molar-refractivity contribution in [1.29, 1.82) is 0 Å². The summed E-state index contributed by atoms with van der Waals surface area (Å²) in [5.74, 6) is -0.342. The molecule has 1 aliphatic rings. The number of piperidine rings is 1. The van der Waals surface area contributed by atoms with Gasteiger partial charge in [-0.15, -0.1) is 0 Å². The second-order valence-electron chi connectivity index (χ2n) is 7.80. The SMILES string of the molecule is COc1ccc(C(=O)NCCNS(=O)(=O)c2ccc(C)cc2)cc1S(=O)(=O)N1CCCCC1. The maximum absolute atomic E-state index is 13.1. The molecule has 2 N–H and O–H groups in total. The van der Waals surface area contributed by atoms with E-state index in [1.165, 1.54) is 41.7 Å². The minimum Gasteiger partial charge on any atom is -0.495 e. The summed E-state index contributed by atoms with van der Waals surface area (Å²) in [7, 11) is -6.11. The number of carbonyl (C=O) groups excluding carboxylic acids is 1. The fraction of sp³-hybridized carbons (Fsp3) is 0.409. The van der Waals surface area contributed by atoms with E-state index in [-0.39, 0.29) is 34.2 Å². The van der Waals surface area contributed by atoms with Crippen molar-refractivity contribution in [2.45, 2.75) is 36.0 Å². The smallest absolute Gasteiger partial charge is 0.251 e. The van der Waals surface area contributed by atoms with Gasteiger partial charge in [0.05, 0.1) is 12.0 Å². The summed E-state index contributed by atoms with van der Waals surface area (Å²) in [4.78, 5) is 12.7. The lowest BCUT2D eigenvalue weighted by atomic mass is 10.2. The monoisotopic (exact) mass is 495 g/mol. The fourth-order valence-electron chi connectivity index (χ4n) is 3.53. The van der Waals surface area contributed by atoms with Gasteiger partial charge < -0.3 is 10.1 Å². The first-order valence-corrected chi connectivity index (χ1v) is 13.6. The standard InChI is InChI=1S/C22H29N3O6S2/c1-17-6-9-19(10-7-17)32(27,28)24-13-12-23-22(26)18-8-11-20(31-2)21(16-18)33(29,30)25-14-4-3-5-15-25/h6-11,16,24H,3-5,12-15H2,1-2H3,(H,23,26). The molecular formula is C22H29N3O6S2. The Morgan fingerprint density at radius 2 is 1.64 bits per heavy atom. The molecule has 0 unspecified atom stereocenters. The van der Waals surface area contributed by atoms with Crippen molar-refractivity contribution >= 4 is 26.0 Å². The maximum atomic E-state index is 13.1. The Kier molecular flexibility index (Phi) is 8.11. The number of ether oxygens (including phenoxy) is 1. The summed E-state index contributed by atoms with van der Waals surface area (Å²) in [5.41, 5.74) is 1.09. The Hall–Kier alpha value is -2.47. The molecule has 9 nitrogen and oxygen atoms in total. The highest BCUT2D eigenvalue weighted by atomic mass is 32.2. The molecule has 0 bridgehead atoms. The number of nitrogens with zero attached hydrogens (tertiary/aromatic N) is 1. The molecule has 0 atom stereocenters. The van der Waals surface area contributed by atoms with Crippen LogP contribution in [0.5, 0.6) is 5.75 Å². The van der Waals surface area contributed by atoms with Crippen LogP contribution < -0.4 is 14.8 Å². The van der Waals surface area contributed by atoms with Gasteiger partial charge in [0.2, 0.25) is 20.0 Å². The third-order valence-electron chi connectivity index (χ3n) is 5.39. The van der Waals surface area contributed by atoms with Crippen LogP contribution in [0.1, 0.15) is 35.2 Å². The maximum Gasteiger partial charge on any atom is 0.251 e. The van der Waals surface area contributed by atoms with Gasteiger partial charge in [0, 0.05) is 31.7 Å². The summed E-state index contributed by atoms with van der Waals surface area (Å²) < 4.78 is 59.9. The molecule has 33 heavy (non-hydrogen) atoms. The highest BCUT2D eigenvalue weighted by molar-refractivity contribution is 7.89. The van der Waals surface area contributed by atoms with Gasteiger partial charge in [0.25, 0.3) is 5.91 Å². The van der Waals surface area contributed by atoms with Crippen LogP contribution in [-0.4, -0.2) is 60.3 Å². The normalized spacial score (nSPS) is 15.2. The van der Waals surface area contributed by atoms with Gasteiger partial charge in [-0.3, -0.25) is 4.79 Å². The van der Waals surface area contributed by atoms with Crippen molar-refractivity contribution in [3.8, 4) is 5.75 Å². The van der Waals surface area contributed by atoms with Crippen LogP contribution in [0.3, 0.4) is 0 Å². The summed E-state index contributed by atoms with van der Waals surface area (Å²) >= 11 is 0. The van der Waals surface area contributed by atoms with E-state index in [0.717, 1.165) is 24.8 Å². The van der Waals surface area contributed by atoms with Crippen molar-refractivity contribution in [2.75, 3.05) is 33.3 Å². The van der Waals surface area contributed by atoms with Gasteiger partial charge >= 0.3 is 0 Å². The molecule has 0 aromatic heterocycles. The molecule has 180 valence electrons. The van der Waals surface area contributed by atoms with E-state index < -0.39 is 26.0 Å². The number of aryl methyl sites for hydroxylation is 1. The lowest BCUT2D eigenvalue weighted by Crippen LogP contribution is -2.36. The van der Waals surface area contributed by atoms with E-state index in [1.807, 2.05) is 6.92 Å². The largest absolute Gasteiger partial charge is 0.495 e. The van der Waals surface area contributed by atoms with Crippen LogP contribution in [0, 0.1) is 6.92 Å². The predicted octanol–water partition coefficient (Wildman–Crippen LogP) is 1.89. The van der Waals surface area contributed by atoms with Crippen LogP contribution in [0.2, 0.25) is 0 Å². The van der Waals surface area contributed by atoms with Gasteiger partial charge in [-0.05, 0) is 50.1 Å². The minimum atomic E-state index is -3.80. The van der Waals surface area contributed by atoms with Crippen molar-refractivity contribution in [2.24, 2.45) is 0 Å². The van der Waals surface area contributed by atoms with E-state index >= 15 is 0 Å². The van der Waals surface area contributed by atoms with Gasteiger partial charge in [0.15, 0.2) is 0 Å². The highest BCUT2D eigenvalue weighted by Crippen LogP contribution is 2.29. The zero-order valence-electron chi connectivity index (χ0n) is 18.7. The Bertz CT molecular complexity index is 1190. The molecule has 1 saturated heterocycles. The van der Waals surface area contributed by atoms with Gasteiger partial charge in [0.1, 0.15) is 10.6 Å². The highest BCUT2D eigenvalue weighted by Gasteiger charge is 2.29. The average molecular weight is 496 g/mol. The molecule has 11 heteroatoms. The van der Waals surface area contributed by atoms with Gasteiger partial charge in [-0.25, -0.2) is 21.6 Å². The summed E-state index contributed by atoms with van der Waals surface area (Å²) in [6.45, 7) is 2.75. The first-order valence-electron chi connectivity index (χ1n) is 10.7. The molecule has 1 fully saturated rings. The third kappa shape index (κ3) is 6.11. The van der Waals surface area contributed by atoms with E-state index in [9.17, 15) is 21.6 Å². The van der Waals surface area contributed by atoms with E-state index in [1.54, 1.807) is 12.1 Å².